The second-order valence-corrected chi connectivity index (χ2v) is 7.61. The van der Waals surface area contributed by atoms with Gasteiger partial charge >= 0.3 is 0 Å². The zero-order valence-electron chi connectivity index (χ0n) is 17.1. The Morgan fingerprint density at radius 3 is 2.57 bits per heavy atom. The number of hydrogen-bond donors (Lipinski definition) is 2. The molecule has 30 heavy (non-hydrogen) atoms. The number of thioether (sulfide) groups is 1. The average molecular weight is 425 g/mol. The van der Waals surface area contributed by atoms with Crippen molar-refractivity contribution in [3.63, 3.8) is 0 Å². The lowest BCUT2D eigenvalue weighted by Gasteiger charge is -2.17. The van der Waals surface area contributed by atoms with Gasteiger partial charge in [-0.05, 0) is 37.3 Å². The van der Waals surface area contributed by atoms with E-state index in [4.69, 9.17) is 4.74 Å². The first-order valence-corrected chi connectivity index (χ1v) is 10.4. The van der Waals surface area contributed by atoms with E-state index in [-0.39, 0.29) is 23.6 Å². The average Bonchev–Trinajstić information content (AvgIpc) is 3.17. The van der Waals surface area contributed by atoms with E-state index in [0.29, 0.717) is 11.3 Å². The van der Waals surface area contributed by atoms with Crippen LogP contribution in [0.2, 0.25) is 0 Å². The van der Waals surface area contributed by atoms with E-state index in [0.717, 1.165) is 16.5 Å². The topological polar surface area (TPSA) is 85.2 Å². The summed E-state index contributed by atoms with van der Waals surface area (Å²) in [5.41, 5.74) is 2.05. The van der Waals surface area contributed by atoms with E-state index < -0.39 is 0 Å². The van der Waals surface area contributed by atoms with Gasteiger partial charge in [0.25, 0.3) is 5.91 Å². The molecule has 1 heterocycles. The Labute approximate surface area is 179 Å². The van der Waals surface area contributed by atoms with Gasteiger partial charge in [0, 0.05) is 36.3 Å². The summed E-state index contributed by atoms with van der Waals surface area (Å²) in [5, 5.41) is 6.58. The molecule has 1 aromatic heterocycles. The highest BCUT2D eigenvalue weighted by Crippen LogP contribution is 2.24. The number of carbonyl (C=O) groups is 2. The number of imidazole rings is 1. The molecule has 0 fully saturated rings. The molecular weight excluding hydrogens is 400 g/mol. The first kappa shape index (κ1) is 21.4. The quantitative estimate of drug-likeness (QED) is 0.539. The molecule has 2 N–H and O–H groups in total. The minimum absolute atomic E-state index is 0.134. The Morgan fingerprint density at radius 2 is 1.90 bits per heavy atom. The maximum Gasteiger partial charge on any atom is 0.251 e. The van der Waals surface area contributed by atoms with Gasteiger partial charge in [0.1, 0.15) is 5.75 Å². The van der Waals surface area contributed by atoms with Crippen molar-refractivity contribution < 1.29 is 14.3 Å². The third-order valence-corrected chi connectivity index (χ3v) is 5.55. The van der Waals surface area contributed by atoms with Crippen LogP contribution >= 0.6 is 11.8 Å². The Morgan fingerprint density at radius 1 is 1.17 bits per heavy atom. The molecule has 156 valence electrons. The van der Waals surface area contributed by atoms with E-state index in [2.05, 4.69) is 15.6 Å². The number of nitrogens with one attached hydrogen (secondary N) is 2. The molecule has 0 saturated carbocycles. The highest BCUT2D eigenvalue weighted by molar-refractivity contribution is 7.99. The molecule has 0 aliphatic carbocycles. The summed E-state index contributed by atoms with van der Waals surface area (Å²) >= 11 is 1.36. The van der Waals surface area contributed by atoms with Gasteiger partial charge in [-0.2, -0.15) is 0 Å². The summed E-state index contributed by atoms with van der Waals surface area (Å²) in [4.78, 5) is 28.9. The zero-order valence-corrected chi connectivity index (χ0v) is 17.9. The first-order chi connectivity index (χ1) is 14.5. The number of rotatable bonds is 8. The summed E-state index contributed by atoms with van der Waals surface area (Å²) in [7, 11) is 3.49. The molecule has 3 rings (SSSR count). The molecule has 1 atom stereocenters. The number of aromatic nitrogens is 2. The SMILES string of the molecule is COc1ccccc1C(C)NC(=O)c1ccc(NC(=O)CSc2nccn2C)cc1. The molecule has 2 aromatic carbocycles. The van der Waals surface area contributed by atoms with Crippen LogP contribution in [-0.2, 0) is 11.8 Å². The highest BCUT2D eigenvalue weighted by atomic mass is 32.2. The van der Waals surface area contributed by atoms with E-state index in [1.54, 1.807) is 37.6 Å². The second kappa shape index (κ2) is 9.98. The molecule has 0 aliphatic heterocycles. The van der Waals surface area contributed by atoms with E-state index in [1.165, 1.54) is 11.8 Å². The Kier molecular flexibility index (Phi) is 7.13. The molecule has 0 bridgehead atoms. The lowest BCUT2D eigenvalue weighted by atomic mass is 10.1. The monoisotopic (exact) mass is 424 g/mol. The molecule has 7 nitrogen and oxygen atoms in total. The summed E-state index contributed by atoms with van der Waals surface area (Å²) in [6, 6.07) is 14.2. The molecule has 8 heteroatoms. The summed E-state index contributed by atoms with van der Waals surface area (Å²) < 4.78 is 7.22. The molecule has 3 aromatic rings. The molecule has 0 spiro atoms. The van der Waals surface area contributed by atoms with E-state index in [9.17, 15) is 9.59 Å². The molecule has 0 aliphatic rings. The predicted octanol–water partition coefficient (Wildman–Crippen LogP) is 3.65. The van der Waals surface area contributed by atoms with Crippen molar-refractivity contribution in [1.82, 2.24) is 14.9 Å². The third-order valence-electron chi connectivity index (χ3n) is 4.49. The van der Waals surface area contributed by atoms with Gasteiger partial charge in [0.05, 0.1) is 18.9 Å². The van der Waals surface area contributed by atoms with Gasteiger partial charge in [-0.25, -0.2) is 4.98 Å². The van der Waals surface area contributed by atoms with Crippen LogP contribution in [0.3, 0.4) is 0 Å². The van der Waals surface area contributed by atoms with Gasteiger partial charge in [-0.3, -0.25) is 9.59 Å². The number of hydrogen-bond acceptors (Lipinski definition) is 5. The fraction of sp³-hybridized carbons (Fsp3) is 0.227. The summed E-state index contributed by atoms with van der Waals surface area (Å²) in [6.07, 6.45) is 3.53. The van der Waals surface area contributed by atoms with Gasteiger partial charge in [0.2, 0.25) is 5.91 Å². The normalized spacial score (nSPS) is 11.6. The van der Waals surface area contributed by atoms with Gasteiger partial charge < -0.3 is 19.9 Å². The van der Waals surface area contributed by atoms with Crippen molar-refractivity contribution >= 4 is 29.3 Å². The van der Waals surface area contributed by atoms with Crippen LogP contribution in [0.5, 0.6) is 5.75 Å². The van der Waals surface area contributed by atoms with Crippen molar-refractivity contribution in [3.05, 3.63) is 72.1 Å². The van der Waals surface area contributed by atoms with Crippen LogP contribution in [-0.4, -0.2) is 34.2 Å². The first-order valence-electron chi connectivity index (χ1n) is 9.41. The van der Waals surface area contributed by atoms with Gasteiger partial charge in [0.15, 0.2) is 5.16 Å². The van der Waals surface area contributed by atoms with Crippen molar-refractivity contribution in [3.8, 4) is 5.75 Å². The van der Waals surface area contributed by atoms with Crippen LogP contribution in [0.4, 0.5) is 5.69 Å². The number of benzene rings is 2. The maximum atomic E-state index is 12.6. The number of anilines is 1. The third kappa shape index (κ3) is 5.42. The maximum absolute atomic E-state index is 12.6. The van der Waals surface area contributed by atoms with Crippen molar-refractivity contribution in [1.29, 1.82) is 0 Å². The summed E-state index contributed by atoms with van der Waals surface area (Å²) in [5.74, 6) is 0.650. The minimum atomic E-state index is -0.212. The van der Waals surface area contributed by atoms with Crippen LogP contribution in [0.25, 0.3) is 0 Å². The number of aryl methyl sites for hydroxylation is 1. The van der Waals surface area contributed by atoms with Crippen LogP contribution < -0.4 is 15.4 Å². The number of para-hydroxylation sites is 1. The molecule has 0 radical (unpaired) electrons. The van der Waals surface area contributed by atoms with Crippen LogP contribution in [0, 0.1) is 0 Å². The van der Waals surface area contributed by atoms with Crippen molar-refractivity contribution in [2.24, 2.45) is 7.05 Å². The zero-order chi connectivity index (χ0) is 21.5. The van der Waals surface area contributed by atoms with Crippen LogP contribution in [0.15, 0.2) is 66.1 Å². The number of nitrogens with zero attached hydrogens (tertiary/aromatic N) is 2. The van der Waals surface area contributed by atoms with Crippen LogP contribution in [0.1, 0.15) is 28.9 Å². The fourth-order valence-electron chi connectivity index (χ4n) is 2.90. The molecule has 1 unspecified atom stereocenters. The lowest BCUT2D eigenvalue weighted by Crippen LogP contribution is -2.27. The number of methoxy groups -OCH3 is 1. The van der Waals surface area contributed by atoms with E-state index >= 15 is 0 Å². The van der Waals surface area contributed by atoms with Gasteiger partial charge in [-0.1, -0.05) is 30.0 Å². The number of amides is 2. The molecule has 2 amide bonds. The molecular formula is C22H24N4O3S. The number of ether oxygens (including phenoxy) is 1. The standard InChI is InChI=1S/C22H24N4O3S/c1-15(18-6-4-5-7-19(18)29-3)24-21(28)16-8-10-17(11-9-16)25-20(27)14-30-22-23-12-13-26(22)2/h4-13,15H,14H2,1-3H3,(H,24,28)(H,25,27). The Bertz CT molecular complexity index is 1020. The van der Waals surface area contributed by atoms with E-state index in [1.807, 2.05) is 49.0 Å². The fourth-order valence-corrected chi connectivity index (χ4v) is 3.64. The Balaban J connectivity index is 1.55. The van der Waals surface area contributed by atoms with Crippen molar-refractivity contribution in [2.75, 3.05) is 18.2 Å². The highest BCUT2D eigenvalue weighted by Gasteiger charge is 2.15. The lowest BCUT2D eigenvalue weighted by molar-refractivity contribution is -0.113. The smallest absolute Gasteiger partial charge is 0.251 e. The summed E-state index contributed by atoms with van der Waals surface area (Å²) in [6.45, 7) is 1.91. The Hall–Kier alpha value is -3.26. The number of carbonyl (C=O) groups excluding carboxylic acids is 2. The molecule has 0 saturated heterocycles. The minimum Gasteiger partial charge on any atom is -0.496 e. The second-order valence-electron chi connectivity index (χ2n) is 6.67. The largest absolute Gasteiger partial charge is 0.496 e. The predicted molar refractivity (Wildman–Crippen MR) is 118 cm³/mol. The van der Waals surface area contributed by atoms with Crippen molar-refractivity contribution in [2.45, 2.75) is 18.1 Å². The van der Waals surface area contributed by atoms with Gasteiger partial charge in [-0.15, -0.1) is 0 Å².